The second-order valence-electron chi connectivity index (χ2n) is 5.20. The topological polar surface area (TPSA) is 24.5 Å². The zero-order chi connectivity index (χ0) is 11.4. The van der Waals surface area contributed by atoms with Crippen molar-refractivity contribution in [3.63, 3.8) is 0 Å². The van der Waals surface area contributed by atoms with Gasteiger partial charge in [-0.1, -0.05) is 6.92 Å². The van der Waals surface area contributed by atoms with Gasteiger partial charge >= 0.3 is 0 Å². The van der Waals surface area contributed by atoms with E-state index in [1.807, 2.05) is 0 Å². The lowest BCUT2D eigenvalue weighted by atomic mass is 10.2. The van der Waals surface area contributed by atoms with Gasteiger partial charge in [0, 0.05) is 31.8 Å². The van der Waals surface area contributed by atoms with Crippen LogP contribution in [0.5, 0.6) is 0 Å². The SMILES string of the molecule is CCN(C(C)CNCC1CCCO1)C1CC1. The monoisotopic (exact) mass is 226 g/mol. The van der Waals surface area contributed by atoms with E-state index < -0.39 is 0 Å². The first-order chi connectivity index (χ1) is 7.81. The number of nitrogens with zero attached hydrogens (tertiary/aromatic N) is 1. The molecule has 0 bridgehead atoms. The number of ether oxygens (including phenoxy) is 1. The highest BCUT2D eigenvalue weighted by Crippen LogP contribution is 2.27. The normalized spacial score (nSPS) is 27.6. The van der Waals surface area contributed by atoms with Crippen molar-refractivity contribution < 1.29 is 4.74 Å². The Morgan fingerprint density at radius 2 is 2.19 bits per heavy atom. The summed E-state index contributed by atoms with van der Waals surface area (Å²) >= 11 is 0. The largest absolute Gasteiger partial charge is 0.377 e. The summed E-state index contributed by atoms with van der Waals surface area (Å²) in [7, 11) is 0. The average Bonchev–Trinajstić information content (AvgIpc) is 2.96. The Hall–Kier alpha value is -0.120. The van der Waals surface area contributed by atoms with Crippen LogP contribution in [0.4, 0.5) is 0 Å². The van der Waals surface area contributed by atoms with E-state index in [9.17, 15) is 0 Å². The molecule has 3 heteroatoms. The third kappa shape index (κ3) is 3.44. The fraction of sp³-hybridized carbons (Fsp3) is 1.00. The molecule has 1 heterocycles. The van der Waals surface area contributed by atoms with Crippen LogP contribution < -0.4 is 5.32 Å². The minimum absolute atomic E-state index is 0.475. The Labute approximate surface area is 99.5 Å². The third-order valence-corrected chi connectivity index (χ3v) is 3.78. The molecule has 16 heavy (non-hydrogen) atoms. The molecule has 0 spiro atoms. The summed E-state index contributed by atoms with van der Waals surface area (Å²) in [6, 6.07) is 1.54. The lowest BCUT2D eigenvalue weighted by Gasteiger charge is -2.28. The van der Waals surface area contributed by atoms with E-state index in [0.29, 0.717) is 12.1 Å². The molecule has 0 radical (unpaired) electrons. The van der Waals surface area contributed by atoms with Crippen molar-refractivity contribution in [3.05, 3.63) is 0 Å². The summed E-state index contributed by atoms with van der Waals surface area (Å²) < 4.78 is 5.61. The summed E-state index contributed by atoms with van der Waals surface area (Å²) in [5.74, 6) is 0. The van der Waals surface area contributed by atoms with Crippen molar-refractivity contribution in [3.8, 4) is 0 Å². The molecule has 1 aliphatic carbocycles. The molecule has 0 aromatic carbocycles. The highest BCUT2D eigenvalue weighted by atomic mass is 16.5. The predicted octanol–water partition coefficient (Wildman–Crippen LogP) is 1.63. The van der Waals surface area contributed by atoms with Gasteiger partial charge < -0.3 is 10.1 Å². The predicted molar refractivity (Wildman–Crippen MR) is 66.7 cm³/mol. The van der Waals surface area contributed by atoms with Gasteiger partial charge in [0.2, 0.25) is 0 Å². The third-order valence-electron chi connectivity index (χ3n) is 3.78. The fourth-order valence-electron chi connectivity index (χ4n) is 2.71. The second kappa shape index (κ2) is 5.99. The smallest absolute Gasteiger partial charge is 0.0700 e. The summed E-state index contributed by atoms with van der Waals surface area (Å²) in [4.78, 5) is 2.63. The maximum Gasteiger partial charge on any atom is 0.0700 e. The Morgan fingerprint density at radius 3 is 2.75 bits per heavy atom. The van der Waals surface area contributed by atoms with Crippen LogP contribution in [0.25, 0.3) is 0 Å². The lowest BCUT2D eigenvalue weighted by Crippen LogP contribution is -2.43. The Bertz CT molecular complexity index is 200. The van der Waals surface area contributed by atoms with E-state index in [1.165, 1.54) is 32.2 Å². The first kappa shape index (κ1) is 12.3. The molecule has 3 nitrogen and oxygen atoms in total. The molecule has 0 aromatic heterocycles. The van der Waals surface area contributed by atoms with Crippen LogP contribution in [0, 0.1) is 0 Å². The van der Waals surface area contributed by atoms with Gasteiger partial charge in [-0.15, -0.1) is 0 Å². The van der Waals surface area contributed by atoms with Crippen LogP contribution in [0.2, 0.25) is 0 Å². The van der Waals surface area contributed by atoms with Crippen molar-refractivity contribution in [1.29, 1.82) is 0 Å². The average molecular weight is 226 g/mol. The van der Waals surface area contributed by atoms with E-state index in [1.54, 1.807) is 0 Å². The Kier molecular flexibility index (Phi) is 4.62. The molecular weight excluding hydrogens is 200 g/mol. The van der Waals surface area contributed by atoms with Gasteiger partial charge in [0.25, 0.3) is 0 Å². The van der Waals surface area contributed by atoms with Gasteiger partial charge in [0.1, 0.15) is 0 Å². The van der Waals surface area contributed by atoms with Crippen molar-refractivity contribution in [2.45, 2.75) is 57.7 Å². The van der Waals surface area contributed by atoms with Gasteiger partial charge in [-0.3, -0.25) is 4.90 Å². The standard InChI is InChI=1S/C13H26N2O/c1-3-15(12-6-7-12)11(2)9-14-10-13-5-4-8-16-13/h11-14H,3-10H2,1-2H3. The molecular formula is C13H26N2O. The van der Waals surface area contributed by atoms with E-state index in [0.717, 1.165) is 25.7 Å². The van der Waals surface area contributed by atoms with Gasteiger partial charge in [0.05, 0.1) is 6.10 Å². The van der Waals surface area contributed by atoms with Crippen LogP contribution in [0.15, 0.2) is 0 Å². The van der Waals surface area contributed by atoms with Crippen LogP contribution >= 0.6 is 0 Å². The fourth-order valence-corrected chi connectivity index (χ4v) is 2.71. The van der Waals surface area contributed by atoms with Crippen molar-refractivity contribution in [1.82, 2.24) is 10.2 Å². The molecule has 1 saturated carbocycles. The molecule has 2 atom stereocenters. The number of hydrogen-bond acceptors (Lipinski definition) is 3. The number of hydrogen-bond donors (Lipinski definition) is 1. The highest BCUT2D eigenvalue weighted by molar-refractivity contribution is 4.87. The van der Waals surface area contributed by atoms with Gasteiger partial charge in [-0.2, -0.15) is 0 Å². The minimum atomic E-state index is 0.475. The van der Waals surface area contributed by atoms with E-state index >= 15 is 0 Å². The molecule has 2 fully saturated rings. The highest BCUT2D eigenvalue weighted by Gasteiger charge is 2.30. The second-order valence-corrected chi connectivity index (χ2v) is 5.20. The lowest BCUT2D eigenvalue weighted by molar-refractivity contribution is 0.107. The van der Waals surface area contributed by atoms with Crippen LogP contribution in [-0.4, -0.2) is 49.3 Å². The van der Waals surface area contributed by atoms with Crippen LogP contribution in [0.1, 0.15) is 39.5 Å². The summed E-state index contributed by atoms with van der Waals surface area (Å²) in [6.07, 6.45) is 5.77. The zero-order valence-electron chi connectivity index (χ0n) is 10.7. The molecule has 1 N–H and O–H groups in total. The number of nitrogens with one attached hydrogen (secondary N) is 1. The molecule has 1 aliphatic heterocycles. The minimum Gasteiger partial charge on any atom is -0.377 e. The summed E-state index contributed by atoms with van der Waals surface area (Å²) in [5.41, 5.74) is 0. The van der Waals surface area contributed by atoms with E-state index in [4.69, 9.17) is 4.74 Å². The molecule has 94 valence electrons. The number of rotatable bonds is 7. The van der Waals surface area contributed by atoms with Gasteiger partial charge in [-0.25, -0.2) is 0 Å². The van der Waals surface area contributed by atoms with E-state index in [2.05, 4.69) is 24.1 Å². The van der Waals surface area contributed by atoms with Crippen molar-refractivity contribution >= 4 is 0 Å². The Balaban J connectivity index is 1.60. The molecule has 0 aromatic rings. The molecule has 1 saturated heterocycles. The molecule has 0 amide bonds. The maximum atomic E-state index is 5.61. The Morgan fingerprint density at radius 1 is 1.38 bits per heavy atom. The van der Waals surface area contributed by atoms with E-state index in [-0.39, 0.29) is 0 Å². The molecule has 2 aliphatic rings. The first-order valence-electron chi connectivity index (χ1n) is 6.89. The first-order valence-corrected chi connectivity index (χ1v) is 6.89. The van der Waals surface area contributed by atoms with Gasteiger partial charge in [0.15, 0.2) is 0 Å². The number of likely N-dealkylation sites (N-methyl/N-ethyl adjacent to an activating group) is 1. The zero-order valence-corrected chi connectivity index (χ0v) is 10.7. The van der Waals surface area contributed by atoms with Crippen LogP contribution in [0.3, 0.4) is 0 Å². The van der Waals surface area contributed by atoms with Gasteiger partial charge in [-0.05, 0) is 39.2 Å². The van der Waals surface area contributed by atoms with Crippen molar-refractivity contribution in [2.24, 2.45) is 0 Å². The van der Waals surface area contributed by atoms with Crippen LogP contribution in [-0.2, 0) is 4.74 Å². The summed E-state index contributed by atoms with van der Waals surface area (Å²) in [5, 5.41) is 3.56. The summed E-state index contributed by atoms with van der Waals surface area (Å²) in [6.45, 7) is 8.90. The van der Waals surface area contributed by atoms with Crippen molar-refractivity contribution in [2.75, 3.05) is 26.2 Å². The quantitative estimate of drug-likeness (QED) is 0.714. The molecule has 2 unspecified atom stereocenters. The maximum absolute atomic E-state index is 5.61. The molecule has 2 rings (SSSR count).